The van der Waals surface area contributed by atoms with Crippen LogP contribution >= 0.6 is 0 Å². The molecule has 0 aliphatic carbocycles. The first kappa shape index (κ1) is 12.4. The number of nitrogens with zero attached hydrogens (tertiary/aromatic N) is 1. The van der Waals surface area contributed by atoms with Gasteiger partial charge in [-0.1, -0.05) is 0 Å². The van der Waals surface area contributed by atoms with Crippen LogP contribution in [0.3, 0.4) is 0 Å². The molecule has 1 saturated heterocycles. The van der Waals surface area contributed by atoms with Gasteiger partial charge in [-0.25, -0.2) is 8.42 Å². The number of amides is 1. The SMILES string of the molecule is COCCS(=O)(=O)N1CCNC(=O)CC1. The standard InChI is InChI=1S/C8H16N2O4S/c1-14-6-7-15(12,13)10-4-2-8(11)9-3-5-10/h2-7H2,1H3,(H,9,11). The molecular weight excluding hydrogens is 220 g/mol. The molecule has 0 aromatic heterocycles. The molecule has 7 heteroatoms. The number of methoxy groups -OCH3 is 1. The van der Waals surface area contributed by atoms with Gasteiger partial charge in [0.2, 0.25) is 15.9 Å². The van der Waals surface area contributed by atoms with Crippen LogP contribution in [0, 0.1) is 0 Å². The second-order valence-corrected chi connectivity index (χ2v) is 5.40. The van der Waals surface area contributed by atoms with Crippen LogP contribution in [-0.2, 0) is 19.6 Å². The molecule has 1 amide bonds. The van der Waals surface area contributed by atoms with Crippen molar-refractivity contribution in [3.63, 3.8) is 0 Å². The number of carbonyl (C=O) groups excluding carboxylic acids is 1. The largest absolute Gasteiger partial charge is 0.384 e. The second kappa shape index (κ2) is 5.43. The summed E-state index contributed by atoms with van der Waals surface area (Å²) < 4.78 is 29.5. The Labute approximate surface area is 89.6 Å². The molecule has 1 fully saturated rings. The minimum atomic E-state index is -3.28. The Morgan fingerprint density at radius 1 is 1.47 bits per heavy atom. The van der Waals surface area contributed by atoms with Gasteiger partial charge in [0, 0.05) is 33.2 Å². The van der Waals surface area contributed by atoms with E-state index in [1.807, 2.05) is 0 Å². The Morgan fingerprint density at radius 3 is 2.87 bits per heavy atom. The third kappa shape index (κ3) is 3.77. The first-order chi connectivity index (χ1) is 7.06. The molecule has 1 N–H and O–H groups in total. The maximum absolute atomic E-state index is 11.7. The van der Waals surface area contributed by atoms with Gasteiger partial charge in [0.05, 0.1) is 12.4 Å². The lowest BCUT2D eigenvalue weighted by molar-refractivity contribution is -0.120. The summed E-state index contributed by atoms with van der Waals surface area (Å²) >= 11 is 0. The topological polar surface area (TPSA) is 75.7 Å². The van der Waals surface area contributed by atoms with E-state index in [9.17, 15) is 13.2 Å². The fraction of sp³-hybridized carbons (Fsp3) is 0.875. The summed E-state index contributed by atoms with van der Waals surface area (Å²) in [5.41, 5.74) is 0. The highest BCUT2D eigenvalue weighted by Crippen LogP contribution is 2.05. The van der Waals surface area contributed by atoms with Crippen LogP contribution in [0.15, 0.2) is 0 Å². The highest BCUT2D eigenvalue weighted by Gasteiger charge is 2.24. The van der Waals surface area contributed by atoms with Gasteiger partial charge in [-0.2, -0.15) is 4.31 Å². The molecule has 15 heavy (non-hydrogen) atoms. The molecule has 6 nitrogen and oxygen atoms in total. The minimum Gasteiger partial charge on any atom is -0.384 e. The summed E-state index contributed by atoms with van der Waals surface area (Å²) in [6, 6.07) is 0. The molecule has 0 bridgehead atoms. The maximum atomic E-state index is 11.7. The average Bonchev–Trinajstić information content (AvgIpc) is 2.40. The predicted octanol–water partition coefficient (Wildman–Crippen LogP) is -1.22. The minimum absolute atomic E-state index is 0.0301. The Kier molecular flexibility index (Phi) is 4.49. The van der Waals surface area contributed by atoms with Crippen molar-refractivity contribution in [1.82, 2.24) is 9.62 Å². The summed E-state index contributed by atoms with van der Waals surface area (Å²) in [5, 5.41) is 2.63. The van der Waals surface area contributed by atoms with E-state index in [0.717, 1.165) is 0 Å². The fourth-order valence-electron chi connectivity index (χ4n) is 1.34. The molecule has 1 heterocycles. The molecule has 0 saturated carbocycles. The Bertz CT molecular complexity index is 315. The van der Waals surface area contributed by atoms with Gasteiger partial charge in [0.25, 0.3) is 0 Å². The Hall–Kier alpha value is -0.660. The van der Waals surface area contributed by atoms with Crippen molar-refractivity contribution >= 4 is 15.9 Å². The van der Waals surface area contributed by atoms with Crippen molar-refractivity contribution in [1.29, 1.82) is 0 Å². The molecule has 88 valence electrons. The highest BCUT2D eigenvalue weighted by atomic mass is 32.2. The summed E-state index contributed by atoms with van der Waals surface area (Å²) in [7, 11) is -1.81. The zero-order valence-electron chi connectivity index (χ0n) is 8.73. The zero-order valence-corrected chi connectivity index (χ0v) is 9.55. The maximum Gasteiger partial charge on any atom is 0.221 e. The number of carbonyl (C=O) groups is 1. The van der Waals surface area contributed by atoms with Crippen LogP contribution in [0.5, 0.6) is 0 Å². The van der Waals surface area contributed by atoms with Gasteiger partial charge in [-0.05, 0) is 0 Å². The number of nitrogens with one attached hydrogen (secondary N) is 1. The number of ether oxygens (including phenoxy) is 1. The summed E-state index contributed by atoms with van der Waals surface area (Å²) in [6.45, 7) is 1.17. The lowest BCUT2D eigenvalue weighted by Crippen LogP contribution is -2.36. The molecule has 1 aliphatic rings. The van der Waals surface area contributed by atoms with E-state index in [4.69, 9.17) is 4.74 Å². The van der Waals surface area contributed by atoms with E-state index >= 15 is 0 Å². The van der Waals surface area contributed by atoms with Crippen molar-refractivity contribution in [2.45, 2.75) is 6.42 Å². The van der Waals surface area contributed by atoms with Crippen LogP contribution < -0.4 is 5.32 Å². The van der Waals surface area contributed by atoms with Crippen LogP contribution in [0.4, 0.5) is 0 Å². The zero-order chi connectivity index (χ0) is 11.3. The van der Waals surface area contributed by atoms with Gasteiger partial charge in [0.1, 0.15) is 0 Å². The van der Waals surface area contributed by atoms with Crippen LogP contribution in [-0.4, -0.2) is 57.7 Å². The Balaban J connectivity index is 2.57. The van der Waals surface area contributed by atoms with Crippen molar-refractivity contribution in [3.05, 3.63) is 0 Å². The number of hydrogen-bond acceptors (Lipinski definition) is 4. The van der Waals surface area contributed by atoms with Crippen LogP contribution in [0.1, 0.15) is 6.42 Å². The van der Waals surface area contributed by atoms with Crippen molar-refractivity contribution in [2.24, 2.45) is 0 Å². The van der Waals surface area contributed by atoms with Crippen molar-refractivity contribution < 1.29 is 17.9 Å². The monoisotopic (exact) mass is 236 g/mol. The lowest BCUT2D eigenvalue weighted by Gasteiger charge is -2.18. The molecule has 0 aromatic carbocycles. The van der Waals surface area contributed by atoms with E-state index in [1.165, 1.54) is 11.4 Å². The lowest BCUT2D eigenvalue weighted by atomic mass is 10.4. The molecule has 0 unspecified atom stereocenters. The van der Waals surface area contributed by atoms with Gasteiger partial charge in [-0.3, -0.25) is 4.79 Å². The summed E-state index contributed by atoms with van der Waals surface area (Å²) in [5.74, 6) is -0.128. The van der Waals surface area contributed by atoms with E-state index < -0.39 is 10.0 Å². The van der Waals surface area contributed by atoms with Gasteiger partial charge in [0.15, 0.2) is 0 Å². The normalized spacial score (nSPS) is 19.7. The molecular formula is C8H16N2O4S. The molecule has 0 radical (unpaired) electrons. The molecule has 1 rings (SSSR count). The second-order valence-electron chi connectivity index (χ2n) is 3.31. The van der Waals surface area contributed by atoms with Gasteiger partial charge in [-0.15, -0.1) is 0 Å². The third-order valence-electron chi connectivity index (χ3n) is 2.21. The molecule has 1 aliphatic heterocycles. The first-order valence-electron chi connectivity index (χ1n) is 4.80. The average molecular weight is 236 g/mol. The molecule has 0 atom stereocenters. The molecule has 0 aromatic rings. The highest BCUT2D eigenvalue weighted by molar-refractivity contribution is 7.89. The number of rotatable bonds is 4. The fourth-order valence-corrected chi connectivity index (χ4v) is 2.72. The first-order valence-corrected chi connectivity index (χ1v) is 6.40. The predicted molar refractivity (Wildman–Crippen MR) is 54.9 cm³/mol. The van der Waals surface area contributed by atoms with Gasteiger partial charge < -0.3 is 10.1 Å². The molecule has 0 spiro atoms. The van der Waals surface area contributed by atoms with E-state index in [-0.39, 0.29) is 31.2 Å². The van der Waals surface area contributed by atoms with Crippen LogP contribution in [0.2, 0.25) is 0 Å². The van der Waals surface area contributed by atoms with Crippen molar-refractivity contribution in [3.8, 4) is 0 Å². The van der Waals surface area contributed by atoms with E-state index in [2.05, 4.69) is 5.32 Å². The quantitative estimate of drug-likeness (QED) is 0.664. The van der Waals surface area contributed by atoms with Crippen LogP contribution in [0.25, 0.3) is 0 Å². The Morgan fingerprint density at radius 2 is 2.20 bits per heavy atom. The van der Waals surface area contributed by atoms with Gasteiger partial charge >= 0.3 is 0 Å². The van der Waals surface area contributed by atoms with Crippen molar-refractivity contribution in [2.75, 3.05) is 39.1 Å². The van der Waals surface area contributed by atoms with E-state index in [0.29, 0.717) is 13.1 Å². The summed E-state index contributed by atoms with van der Waals surface area (Å²) in [6.07, 6.45) is 0.228. The third-order valence-corrected chi connectivity index (χ3v) is 4.04. The smallest absolute Gasteiger partial charge is 0.221 e. The number of sulfonamides is 1. The van der Waals surface area contributed by atoms with E-state index in [1.54, 1.807) is 0 Å². The number of hydrogen-bond donors (Lipinski definition) is 1. The summed E-state index contributed by atoms with van der Waals surface area (Å²) in [4.78, 5) is 11.0.